The van der Waals surface area contributed by atoms with Crippen molar-refractivity contribution in [3.8, 4) is 0 Å². The number of carbonyl (C=O) groups is 1. The molecule has 5 heteroatoms. The Labute approximate surface area is 98.9 Å². The van der Waals surface area contributed by atoms with Gasteiger partial charge in [-0.15, -0.1) is 0 Å². The van der Waals surface area contributed by atoms with Crippen LogP contribution in [0.4, 0.5) is 5.82 Å². The molecule has 2 rings (SSSR count). The topological polar surface area (TPSA) is 53.4 Å². The molecular weight excluding hydrogens is 228 g/mol. The fourth-order valence-electron chi connectivity index (χ4n) is 1.93. The highest BCUT2D eigenvalue weighted by Crippen LogP contribution is 2.34. The Morgan fingerprint density at radius 1 is 1.69 bits per heavy atom. The van der Waals surface area contributed by atoms with Crippen molar-refractivity contribution in [3.63, 3.8) is 0 Å². The van der Waals surface area contributed by atoms with Crippen LogP contribution >= 0.6 is 11.6 Å². The summed E-state index contributed by atoms with van der Waals surface area (Å²) in [6.45, 7) is 2.89. The van der Waals surface area contributed by atoms with Gasteiger partial charge in [0.2, 0.25) is 0 Å². The lowest BCUT2D eigenvalue weighted by Crippen LogP contribution is -2.32. The Morgan fingerprint density at radius 2 is 2.44 bits per heavy atom. The van der Waals surface area contributed by atoms with E-state index in [1.54, 1.807) is 25.3 Å². The molecule has 4 nitrogen and oxygen atoms in total. The summed E-state index contributed by atoms with van der Waals surface area (Å²) in [6.07, 6.45) is 2.28. The van der Waals surface area contributed by atoms with Crippen molar-refractivity contribution >= 4 is 23.4 Å². The molecule has 0 spiro atoms. The molecule has 1 atom stereocenters. The number of hydrogen-bond donors (Lipinski definition) is 1. The molecular formula is C11H13ClN2O2. The summed E-state index contributed by atoms with van der Waals surface area (Å²) < 4.78 is 0. The normalized spacial score (nSPS) is 24.8. The number of rotatable bonds is 2. The van der Waals surface area contributed by atoms with Crippen molar-refractivity contribution in [2.75, 3.05) is 18.0 Å². The van der Waals surface area contributed by atoms with Crippen molar-refractivity contribution < 1.29 is 9.90 Å². The average Bonchev–Trinajstić information content (AvgIpc) is 2.63. The lowest BCUT2D eigenvalue weighted by molar-refractivity contribution is -0.146. The van der Waals surface area contributed by atoms with E-state index in [1.807, 2.05) is 4.90 Å². The molecule has 1 unspecified atom stereocenters. The molecule has 0 saturated carbocycles. The molecule has 0 aliphatic carbocycles. The first-order chi connectivity index (χ1) is 7.53. The van der Waals surface area contributed by atoms with Crippen molar-refractivity contribution in [2.45, 2.75) is 13.3 Å². The van der Waals surface area contributed by atoms with E-state index in [0.717, 1.165) is 0 Å². The van der Waals surface area contributed by atoms with Gasteiger partial charge in [-0.25, -0.2) is 4.98 Å². The third-order valence-corrected chi connectivity index (χ3v) is 3.32. The first-order valence-corrected chi connectivity index (χ1v) is 5.49. The van der Waals surface area contributed by atoms with E-state index in [-0.39, 0.29) is 0 Å². The van der Waals surface area contributed by atoms with Gasteiger partial charge in [-0.05, 0) is 25.5 Å². The Bertz CT molecular complexity index is 424. The standard InChI is InChI=1S/C11H13ClN2O2/c1-11(10(15)16)4-6-14(7-11)9-8(12)3-2-5-13-9/h2-3,5H,4,6-7H2,1H3,(H,15,16). The summed E-state index contributed by atoms with van der Waals surface area (Å²) in [6, 6.07) is 3.53. The van der Waals surface area contributed by atoms with E-state index >= 15 is 0 Å². The Kier molecular flexibility index (Phi) is 2.76. The number of pyridine rings is 1. The van der Waals surface area contributed by atoms with Crippen LogP contribution < -0.4 is 4.90 Å². The maximum Gasteiger partial charge on any atom is 0.311 e. The highest BCUT2D eigenvalue weighted by Gasteiger charge is 2.41. The van der Waals surface area contributed by atoms with Gasteiger partial charge in [0, 0.05) is 19.3 Å². The Balaban J connectivity index is 2.22. The molecule has 1 aromatic heterocycles. The summed E-state index contributed by atoms with van der Waals surface area (Å²) in [5, 5.41) is 9.69. The van der Waals surface area contributed by atoms with Gasteiger partial charge < -0.3 is 10.0 Å². The van der Waals surface area contributed by atoms with Crippen LogP contribution in [0.2, 0.25) is 5.02 Å². The van der Waals surface area contributed by atoms with Crippen LogP contribution in [0.1, 0.15) is 13.3 Å². The minimum Gasteiger partial charge on any atom is -0.481 e. The quantitative estimate of drug-likeness (QED) is 0.860. The minimum atomic E-state index is -0.762. The number of aromatic nitrogens is 1. The van der Waals surface area contributed by atoms with Crippen LogP contribution in [0, 0.1) is 5.41 Å². The largest absolute Gasteiger partial charge is 0.481 e. The van der Waals surface area contributed by atoms with Crippen LogP contribution in [0.3, 0.4) is 0 Å². The lowest BCUT2D eigenvalue weighted by Gasteiger charge is -2.21. The van der Waals surface area contributed by atoms with Crippen molar-refractivity contribution in [2.24, 2.45) is 5.41 Å². The molecule has 0 radical (unpaired) electrons. The van der Waals surface area contributed by atoms with Crippen LogP contribution in [-0.4, -0.2) is 29.1 Å². The monoisotopic (exact) mass is 240 g/mol. The number of halogens is 1. The second-order valence-corrected chi connectivity index (χ2v) is 4.75. The molecule has 1 saturated heterocycles. The first kappa shape index (κ1) is 11.2. The predicted molar refractivity (Wildman–Crippen MR) is 61.8 cm³/mol. The van der Waals surface area contributed by atoms with E-state index in [1.165, 1.54) is 0 Å². The highest BCUT2D eigenvalue weighted by atomic mass is 35.5. The van der Waals surface area contributed by atoms with Gasteiger partial charge in [0.15, 0.2) is 0 Å². The van der Waals surface area contributed by atoms with Gasteiger partial charge in [-0.3, -0.25) is 4.79 Å². The molecule has 1 aliphatic rings. The smallest absolute Gasteiger partial charge is 0.311 e. The van der Waals surface area contributed by atoms with Crippen molar-refractivity contribution in [1.29, 1.82) is 0 Å². The first-order valence-electron chi connectivity index (χ1n) is 5.12. The lowest BCUT2D eigenvalue weighted by atomic mass is 9.90. The molecule has 0 amide bonds. The van der Waals surface area contributed by atoms with Gasteiger partial charge in [-0.2, -0.15) is 0 Å². The fraction of sp³-hybridized carbons (Fsp3) is 0.455. The van der Waals surface area contributed by atoms with E-state index in [0.29, 0.717) is 30.4 Å². The van der Waals surface area contributed by atoms with E-state index in [9.17, 15) is 4.79 Å². The van der Waals surface area contributed by atoms with Crippen molar-refractivity contribution in [1.82, 2.24) is 4.98 Å². The third kappa shape index (κ3) is 1.85. The number of carboxylic acids is 1. The number of aliphatic carboxylic acids is 1. The van der Waals surface area contributed by atoms with Crippen molar-refractivity contribution in [3.05, 3.63) is 23.4 Å². The second-order valence-electron chi connectivity index (χ2n) is 4.35. The van der Waals surface area contributed by atoms with Crippen LogP contribution in [0.25, 0.3) is 0 Å². The van der Waals surface area contributed by atoms with Gasteiger partial charge in [-0.1, -0.05) is 11.6 Å². The Morgan fingerprint density at radius 3 is 3.00 bits per heavy atom. The molecule has 1 N–H and O–H groups in total. The molecule has 1 fully saturated rings. The molecule has 16 heavy (non-hydrogen) atoms. The molecule has 1 aromatic rings. The van der Waals surface area contributed by atoms with Gasteiger partial charge in [0.05, 0.1) is 10.4 Å². The zero-order valence-corrected chi connectivity index (χ0v) is 9.74. The van der Waals surface area contributed by atoms with Gasteiger partial charge in [0.1, 0.15) is 5.82 Å². The van der Waals surface area contributed by atoms with Gasteiger partial charge >= 0.3 is 5.97 Å². The number of anilines is 1. The predicted octanol–water partition coefficient (Wildman–Crippen LogP) is 2.04. The van der Waals surface area contributed by atoms with Gasteiger partial charge in [0.25, 0.3) is 0 Å². The SMILES string of the molecule is CC1(C(=O)O)CCN(c2ncccc2Cl)C1. The molecule has 0 bridgehead atoms. The van der Waals surface area contributed by atoms with Crippen LogP contribution in [0.5, 0.6) is 0 Å². The van der Waals surface area contributed by atoms with Crippen LogP contribution in [-0.2, 0) is 4.79 Å². The summed E-state index contributed by atoms with van der Waals surface area (Å²) in [5.74, 6) is -0.0869. The zero-order valence-electron chi connectivity index (χ0n) is 8.98. The van der Waals surface area contributed by atoms with Crippen LogP contribution in [0.15, 0.2) is 18.3 Å². The molecule has 86 valence electrons. The fourth-order valence-corrected chi connectivity index (χ4v) is 2.17. The Hall–Kier alpha value is -1.29. The summed E-state index contributed by atoms with van der Waals surface area (Å²) in [5.41, 5.74) is -0.694. The zero-order chi connectivity index (χ0) is 11.8. The third-order valence-electron chi connectivity index (χ3n) is 3.03. The molecule has 2 heterocycles. The van der Waals surface area contributed by atoms with E-state index in [4.69, 9.17) is 16.7 Å². The molecule has 0 aromatic carbocycles. The number of carboxylic acid groups (broad SMARTS) is 1. The summed E-state index contributed by atoms with van der Waals surface area (Å²) in [7, 11) is 0. The number of nitrogens with zero attached hydrogens (tertiary/aromatic N) is 2. The van der Waals surface area contributed by atoms with E-state index < -0.39 is 11.4 Å². The van der Waals surface area contributed by atoms with E-state index in [2.05, 4.69) is 4.98 Å². The second kappa shape index (κ2) is 3.94. The summed E-state index contributed by atoms with van der Waals surface area (Å²) in [4.78, 5) is 17.2. The average molecular weight is 241 g/mol. The summed E-state index contributed by atoms with van der Waals surface area (Å²) >= 11 is 6.03. The minimum absolute atomic E-state index is 0.457. The molecule has 1 aliphatic heterocycles. The maximum absolute atomic E-state index is 11.1. The highest BCUT2D eigenvalue weighted by molar-refractivity contribution is 6.32. The maximum atomic E-state index is 11.1. The number of hydrogen-bond acceptors (Lipinski definition) is 3.